The van der Waals surface area contributed by atoms with Crippen molar-refractivity contribution in [3.63, 3.8) is 0 Å². The highest BCUT2D eigenvalue weighted by atomic mass is 32.1. The Balaban J connectivity index is 1.61. The second-order valence-electron chi connectivity index (χ2n) is 5.51. The first-order chi connectivity index (χ1) is 10.3. The summed E-state index contributed by atoms with van der Waals surface area (Å²) in [7, 11) is 0. The predicted octanol–water partition coefficient (Wildman–Crippen LogP) is 3.81. The molecule has 1 atom stereocenters. The first-order valence-electron chi connectivity index (χ1n) is 7.13. The van der Waals surface area contributed by atoms with Crippen LogP contribution >= 0.6 is 11.3 Å². The van der Waals surface area contributed by atoms with Crippen LogP contribution in [0.15, 0.2) is 46.2 Å². The molecule has 2 N–H and O–H groups in total. The third-order valence-electron chi connectivity index (χ3n) is 4.04. The van der Waals surface area contributed by atoms with E-state index in [1.807, 2.05) is 24.3 Å². The minimum absolute atomic E-state index is 0.154. The molecule has 108 valence electrons. The van der Waals surface area contributed by atoms with E-state index in [9.17, 15) is 5.11 Å². The summed E-state index contributed by atoms with van der Waals surface area (Å²) >= 11 is 1.72. The number of aliphatic hydroxyl groups is 1. The van der Waals surface area contributed by atoms with Gasteiger partial charge in [0, 0.05) is 4.88 Å². The maximum Gasteiger partial charge on any atom is 0.296 e. The van der Waals surface area contributed by atoms with Gasteiger partial charge < -0.3 is 14.8 Å². The van der Waals surface area contributed by atoms with Crippen LogP contribution in [0, 0.1) is 5.92 Å². The zero-order chi connectivity index (χ0) is 14.2. The van der Waals surface area contributed by atoms with Gasteiger partial charge in [0.1, 0.15) is 5.52 Å². The zero-order valence-corrected chi connectivity index (χ0v) is 12.2. The Kier molecular flexibility index (Phi) is 3.16. The van der Waals surface area contributed by atoms with E-state index < -0.39 is 0 Å². The molecule has 1 aliphatic carbocycles. The molecule has 0 amide bonds. The predicted molar refractivity (Wildman–Crippen MR) is 83.4 cm³/mol. The van der Waals surface area contributed by atoms with E-state index in [4.69, 9.17) is 4.42 Å². The largest absolute Gasteiger partial charge is 0.424 e. The van der Waals surface area contributed by atoms with Crippen molar-refractivity contribution >= 4 is 28.5 Å². The van der Waals surface area contributed by atoms with Gasteiger partial charge in [-0.05, 0) is 42.3 Å². The molecule has 0 aliphatic heterocycles. The number of thiophene rings is 1. The van der Waals surface area contributed by atoms with E-state index in [0.29, 0.717) is 11.9 Å². The summed E-state index contributed by atoms with van der Waals surface area (Å²) < 4.78 is 5.76. The highest BCUT2D eigenvalue weighted by Crippen LogP contribution is 2.41. The van der Waals surface area contributed by atoms with Crippen LogP contribution in [-0.4, -0.2) is 16.2 Å². The van der Waals surface area contributed by atoms with Crippen LogP contribution < -0.4 is 5.32 Å². The topological polar surface area (TPSA) is 58.3 Å². The number of aliphatic hydroxyl groups excluding tert-OH is 1. The second kappa shape index (κ2) is 5.16. The van der Waals surface area contributed by atoms with Crippen LogP contribution in [0.2, 0.25) is 0 Å². The standard InChI is InChI=1S/C16H16N2O2S/c19-11-8-10(9-11)15(14-6-3-7-21-14)18-16-17-12-4-1-2-5-13(12)20-16/h1-7,10-11,15,19H,8-9H2,(H,17,18)/t10?,11?,15-/m0/s1. The van der Waals surface area contributed by atoms with Crippen molar-refractivity contribution in [1.29, 1.82) is 0 Å². The Labute approximate surface area is 126 Å². The third-order valence-corrected chi connectivity index (χ3v) is 5.00. The molecule has 1 saturated carbocycles. The van der Waals surface area contributed by atoms with Crippen LogP contribution in [0.3, 0.4) is 0 Å². The van der Waals surface area contributed by atoms with Crippen molar-refractivity contribution in [2.75, 3.05) is 5.32 Å². The smallest absolute Gasteiger partial charge is 0.296 e. The van der Waals surface area contributed by atoms with E-state index in [1.165, 1.54) is 4.88 Å². The van der Waals surface area contributed by atoms with Crippen LogP contribution in [0.5, 0.6) is 0 Å². The Hall–Kier alpha value is -1.85. The number of rotatable bonds is 4. The Morgan fingerprint density at radius 1 is 1.24 bits per heavy atom. The summed E-state index contributed by atoms with van der Waals surface area (Å²) in [5.41, 5.74) is 1.65. The fourth-order valence-corrected chi connectivity index (χ4v) is 3.73. The summed E-state index contributed by atoms with van der Waals surface area (Å²) in [5, 5.41) is 15.1. The average molecular weight is 300 g/mol. The number of hydrogen-bond acceptors (Lipinski definition) is 5. The normalized spacial score (nSPS) is 22.9. The molecular formula is C16H16N2O2S. The molecule has 21 heavy (non-hydrogen) atoms. The van der Waals surface area contributed by atoms with Crippen LogP contribution in [0.25, 0.3) is 11.1 Å². The molecule has 2 heterocycles. The molecule has 1 aliphatic rings. The first-order valence-corrected chi connectivity index (χ1v) is 8.01. The van der Waals surface area contributed by atoms with Gasteiger partial charge in [0.25, 0.3) is 6.01 Å². The maximum atomic E-state index is 9.58. The fraction of sp³-hybridized carbons (Fsp3) is 0.312. The lowest BCUT2D eigenvalue weighted by Crippen LogP contribution is -2.35. The van der Waals surface area contributed by atoms with E-state index in [1.54, 1.807) is 11.3 Å². The highest BCUT2D eigenvalue weighted by Gasteiger charge is 2.36. The van der Waals surface area contributed by atoms with E-state index in [2.05, 4.69) is 27.8 Å². The lowest BCUT2D eigenvalue weighted by Gasteiger charge is -2.37. The Morgan fingerprint density at radius 3 is 2.81 bits per heavy atom. The summed E-state index contributed by atoms with van der Waals surface area (Å²) in [5.74, 6) is 0.425. The van der Waals surface area contributed by atoms with Crippen molar-refractivity contribution in [2.24, 2.45) is 5.92 Å². The SMILES string of the molecule is OC1CC([C@H](Nc2nc3ccccc3o2)c2cccs2)C1. The van der Waals surface area contributed by atoms with Gasteiger partial charge in [0.15, 0.2) is 5.58 Å². The van der Waals surface area contributed by atoms with Crippen molar-refractivity contribution < 1.29 is 9.52 Å². The summed E-state index contributed by atoms with van der Waals surface area (Å²) in [4.78, 5) is 5.75. The number of aromatic nitrogens is 1. The number of hydrogen-bond donors (Lipinski definition) is 2. The van der Waals surface area contributed by atoms with E-state index >= 15 is 0 Å². The van der Waals surface area contributed by atoms with Crippen LogP contribution in [0.1, 0.15) is 23.8 Å². The number of nitrogens with zero attached hydrogens (tertiary/aromatic N) is 1. The molecule has 1 fully saturated rings. The Morgan fingerprint density at radius 2 is 2.10 bits per heavy atom. The fourth-order valence-electron chi connectivity index (χ4n) is 2.86. The molecule has 2 aromatic heterocycles. The van der Waals surface area contributed by atoms with Crippen LogP contribution in [-0.2, 0) is 0 Å². The molecule has 1 aromatic carbocycles. The minimum atomic E-state index is -0.164. The summed E-state index contributed by atoms with van der Waals surface area (Å²) in [6.07, 6.45) is 1.49. The quantitative estimate of drug-likeness (QED) is 0.769. The molecule has 4 nitrogen and oxygen atoms in total. The van der Waals surface area contributed by atoms with E-state index in [-0.39, 0.29) is 12.1 Å². The molecule has 4 rings (SSSR count). The van der Waals surface area contributed by atoms with Gasteiger partial charge in [-0.15, -0.1) is 11.3 Å². The Bertz CT molecular complexity index is 699. The number of para-hydroxylation sites is 2. The number of fused-ring (bicyclic) bond motifs is 1. The molecule has 0 spiro atoms. The average Bonchev–Trinajstić information content (AvgIpc) is 3.10. The number of nitrogens with one attached hydrogen (secondary N) is 1. The molecule has 0 bridgehead atoms. The van der Waals surface area contributed by atoms with Crippen molar-refractivity contribution in [3.8, 4) is 0 Å². The van der Waals surface area contributed by atoms with Gasteiger partial charge in [0.2, 0.25) is 0 Å². The van der Waals surface area contributed by atoms with Crippen LogP contribution in [0.4, 0.5) is 6.01 Å². The van der Waals surface area contributed by atoms with Gasteiger partial charge >= 0.3 is 0 Å². The lowest BCUT2D eigenvalue weighted by molar-refractivity contribution is 0.0341. The molecule has 0 radical (unpaired) electrons. The highest BCUT2D eigenvalue weighted by molar-refractivity contribution is 7.10. The van der Waals surface area contributed by atoms with Gasteiger partial charge in [-0.25, -0.2) is 0 Å². The van der Waals surface area contributed by atoms with Crippen molar-refractivity contribution in [1.82, 2.24) is 4.98 Å². The maximum absolute atomic E-state index is 9.58. The molecule has 5 heteroatoms. The summed E-state index contributed by atoms with van der Waals surface area (Å²) in [6, 6.07) is 12.6. The van der Waals surface area contributed by atoms with Crippen molar-refractivity contribution in [3.05, 3.63) is 46.7 Å². The minimum Gasteiger partial charge on any atom is -0.424 e. The molecule has 0 saturated heterocycles. The van der Waals surface area contributed by atoms with E-state index in [0.717, 1.165) is 23.9 Å². The number of oxazole rings is 1. The van der Waals surface area contributed by atoms with Gasteiger partial charge in [-0.1, -0.05) is 18.2 Å². The van der Waals surface area contributed by atoms with Crippen molar-refractivity contribution in [2.45, 2.75) is 25.0 Å². The summed E-state index contributed by atoms with van der Waals surface area (Å²) in [6.45, 7) is 0. The number of anilines is 1. The zero-order valence-electron chi connectivity index (χ0n) is 11.4. The van der Waals surface area contributed by atoms with Gasteiger partial charge in [-0.2, -0.15) is 4.98 Å². The third kappa shape index (κ3) is 2.43. The molecular weight excluding hydrogens is 284 g/mol. The first kappa shape index (κ1) is 12.9. The number of benzene rings is 1. The van der Waals surface area contributed by atoms with Gasteiger partial charge in [-0.3, -0.25) is 0 Å². The monoisotopic (exact) mass is 300 g/mol. The molecule has 0 unspecified atom stereocenters. The molecule has 3 aromatic rings. The van der Waals surface area contributed by atoms with Gasteiger partial charge in [0.05, 0.1) is 12.1 Å². The second-order valence-corrected chi connectivity index (χ2v) is 6.49. The lowest BCUT2D eigenvalue weighted by atomic mass is 9.77.